The highest BCUT2D eigenvalue weighted by atomic mass is 28.3. The van der Waals surface area contributed by atoms with Crippen LogP contribution in [0.4, 0.5) is 5.69 Å². The Morgan fingerprint density at radius 1 is 0.851 bits per heavy atom. The van der Waals surface area contributed by atoms with Gasteiger partial charge >= 0.3 is 0 Å². The quantitative estimate of drug-likeness (QED) is 0.175. The topological polar surface area (TPSA) is 87.7 Å². The van der Waals surface area contributed by atoms with Crippen LogP contribution in [0.15, 0.2) is 103 Å². The number of benzene rings is 4. The Hall–Kier alpha value is -4.79. The highest BCUT2D eigenvalue weighted by Gasteiger charge is 2.34. The largest absolute Gasteiger partial charge is 0.403 e. The Labute approximate surface area is 280 Å². The van der Waals surface area contributed by atoms with Crippen molar-refractivity contribution in [1.82, 2.24) is 10.6 Å². The van der Waals surface area contributed by atoms with Gasteiger partial charge in [-0.25, -0.2) is 0 Å². The van der Waals surface area contributed by atoms with Crippen LogP contribution in [0.1, 0.15) is 59.5 Å². The number of carbonyl (C=O) groups excluding carboxylic acids is 3. The van der Waals surface area contributed by atoms with Crippen LogP contribution < -0.4 is 25.9 Å². The maximum absolute atomic E-state index is 13.3. The number of amides is 3. The highest BCUT2D eigenvalue weighted by molar-refractivity contribution is 6.80. The number of rotatable bonds is 11. The molecular formula is C39H45N3O4Si. The van der Waals surface area contributed by atoms with E-state index in [1.54, 1.807) is 49.3 Å². The summed E-state index contributed by atoms with van der Waals surface area (Å²) in [5.41, 5.74) is 4.98. The molecule has 0 aliphatic rings. The van der Waals surface area contributed by atoms with Crippen LogP contribution in [0.25, 0.3) is 6.08 Å². The third-order valence-corrected chi connectivity index (χ3v) is 10.7. The molecule has 3 amide bonds. The van der Waals surface area contributed by atoms with Gasteiger partial charge in [-0.2, -0.15) is 0 Å². The lowest BCUT2D eigenvalue weighted by molar-refractivity contribution is -0.122. The Morgan fingerprint density at radius 2 is 1.43 bits per heavy atom. The van der Waals surface area contributed by atoms with Crippen molar-refractivity contribution < 1.29 is 18.8 Å². The fraction of sp³-hybridized carbons (Fsp3) is 0.256. The van der Waals surface area contributed by atoms with Gasteiger partial charge in [0.05, 0.1) is 12.6 Å². The van der Waals surface area contributed by atoms with Crippen LogP contribution in [-0.2, 0) is 14.0 Å². The first-order chi connectivity index (χ1) is 22.4. The smallest absolute Gasteiger partial charge is 0.251 e. The van der Waals surface area contributed by atoms with Crippen LogP contribution in [-0.4, -0.2) is 47.4 Å². The molecule has 1 atom stereocenters. The van der Waals surface area contributed by atoms with E-state index in [1.165, 1.54) is 16.4 Å². The number of hydrogen-bond acceptors (Lipinski definition) is 4. The maximum atomic E-state index is 13.3. The molecule has 0 heterocycles. The lowest BCUT2D eigenvalue weighted by Gasteiger charge is -2.37. The number of likely N-dealkylation sites (N-methyl/N-ethyl adjacent to an activating group) is 1. The fourth-order valence-electron chi connectivity index (χ4n) is 5.60. The fourth-order valence-corrected chi connectivity index (χ4v) is 8.26. The molecule has 0 bridgehead atoms. The minimum atomic E-state index is -2.09. The van der Waals surface area contributed by atoms with Gasteiger partial charge in [0, 0.05) is 31.4 Å². The molecule has 0 aromatic heterocycles. The van der Waals surface area contributed by atoms with E-state index >= 15 is 0 Å². The predicted octanol–water partition coefficient (Wildman–Crippen LogP) is 5.10. The first-order valence-electron chi connectivity index (χ1n) is 15.8. The first-order valence-corrected chi connectivity index (χ1v) is 17.4. The molecule has 0 saturated heterocycles. The Balaban J connectivity index is 1.53. The Bertz CT molecular complexity index is 1680. The second-order valence-corrected chi connectivity index (χ2v) is 15.1. The van der Waals surface area contributed by atoms with Crippen molar-refractivity contribution in [2.45, 2.75) is 40.7 Å². The molecule has 0 saturated carbocycles. The molecule has 7 nitrogen and oxygen atoms in total. The van der Waals surface area contributed by atoms with E-state index in [4.69, 9.17) is 4.43 Å². The molecule has 0 fully saturated rings. The summed E-state index contributed by atoms with van der Waals surface area (Å²) in [7, 11) is 1.22. The molecule has 2 N–H and O–H groups in total. The zero-order valence-corrected chi connectivity index (χ0v) is 29.5. The SMILES string of the molecule is CNC(=O)c1ccc(/C=C/C(=O)NCC(=O)N(C)c2ccc(C)c(C(O[SiH](c3ccccc3)c3ccccc3)C(C)(C)C)c2C)cc1. The van der Waals surface area contributed by atoms with Crippen LogP contribution in [0.2, 0.25) is 0 Å². The summed E-state index contributed by atoms with van der Waals surface area (Å²) in [5.74, 6) is -0.806. The molecule has 4 aromatic rings. The van der Waals surface area contributed by atoms with E-state index < -0.39 is 9.04 Å². The van der Waals surface area contributed by atoms with Crippen molar-refractivity contribution in [2.24, 2.45) is 5.41 Å². The van der Waals surface area contributed by atoms with Crippen molar-refractivity contribution >= 4 is 48.9 Å². The summed E-state index contributed by atoms with van der Waals surface area (Å²) in [6, 6.07) is 31.8. The van der Waals surface area contributed by atoms with Crippen molar-refractivity contribution in [2.75, 3.05) is 25.5 Å². The first kappa shape index (κ1) is 35.1. The summed E-state index contributed by atoms with van der Waals surface area (Å²) in [4.78, 5) is 39.2. The van der Waals surface area contributed by atoms with E-state index in [0.29, 0.717) is 5.56 Å². The number of hydrogen-bond donors (Lipinski definition) is 2. The van der Waals surface area contributed by atoms with Crippen molar-refractivity contribution in [3.8, 4) is 0 Å². The summed E-state index contributed by atoms with van der Waals surface area (Å²) in [6.45, 7) is 10.6. The van der Waals surface area contributed by atoms with Gasteiger partial charge in [0.1, 0.15) is 0 Å². The van der Waals surface area contributed by atoms with Crippen LogP contribution >= 0.6 is 0 Å². The van der Waals surface area contributed by atoms with Crippen LogP contribution in [0.5, 0.6) is 0 Å². The second kappa shape index (κ2) is 15.7. The molecule has 47 heavy (non-hydrogen) atoms. The molecule has 0 spiro atoms. The average molecular weight is 648 g/mol. The van der Waals surface area contributed by atoms with E-state index in [0.717, 1.165) is 27.9 Å². The van der Waals surface area contributed by atoms with Crippen LogP contribution in [0, 0.1) is 19.3 Å². The lowest BCUT2D eigenvalue weighted by Crippen LogP contribution is -2.47. The minimum Gasteiger partial charge on any atom is -0.403 e. The number of nitrogens with zero attached hydrogens (tertiary/aromatic N) is 1. The third-order valence-electron chi connectivity index (χ3n) is 8.21. The molecular weight excluding hydrogens is 603 g/mol. The summed E-state index contributed by atoms with van der Waals surface area (Å²) in [6.07, 6.45) is 2.78. The summed E-state index contributed by atoms with van der Waals surface area (Å²) < 4.78 is 7.25. The Kier molecular flexibility index (Phi) is 11.7. The van der Waals surface area contributed by atoms with E-state index in [1.807, 2.05) is 31.2 Å². The predicted molar refractivity (Wildman–Crippen MR) is 194 cm³/mol. The zero-order valence-electron chi connectivity index (χ0n) is 28.3. The van der Waals surface area contributed by atoms with Gasteiger partial charge in [-0.1, -0.05) is 99.6 Å². The van der Waals surface area contributed by atoms with E-state index in [2.05, 4.69) is 86.9 Å². The molecule has 244 valence electrons. The highest BCUT2D eigenvalue weighted by Crippen LogP contribution is 2.42. The second-order valence-electron chi connectivity index (χ2n) is 12.7. The minimum absolute atomic E-state index is 0.159. The molecule has 0 aliphatic heterocycles. The third kappa shape index (κ3) is 8.93. The van der Waals surface area contributed by atoms with Gasteiger partial charge in [-0.05, 0) is 76.2 Å². The van der Waals surface area contributed by atoms with Crippen molar-refractivity contribution in [3.05, 3.63) is 131 Å². The number of nitrogens with one attached hydrogen (secondary N) is 2. The molecule has 0 aliphatic carbocycles. The van der Waals surface area contributed by atoms with Crippen molar-refractivity contribution in [1.29, 1.82) is 0 Å². The van der Waals surface area contributed by atoms with Gasteiger partial charge in [0.2, 0.25) is 20.9 Å². The van der Waals surface area contributed by atoms with E-state index in [-0.39, 0.29) is 35.8 Å². The van der Waals surface area contributed by atoms with Gasteiger partial charge in [0.25, 0.3) is 5.91 Å². The molecule has 8 heteroatoms. The number of anilines is 1. The van der Waals surface area contributed by atoms with Gasteiger partial charge in [-0.3, -0.25) is 14.4 Å². The average Bonchev–Trinajstić information content (AvgIpc) is 3.07. The normalized spacial score (nSPS) is 12.2. The number of carbonyl (C=O) groups is 3. The Morgan fingerprint density at radius 3 is 1.96 bits per heavy atom. The lowest BCUT2D eigenvalue weighted by atomic mass is 9.81. The molecule has 0 radical (unpaired) electrons. The maximum Gasteiger partial charge on any atom is 0.251 e. The summed E-state index contributed by atoms with van der Waals surface area (Å²) in [5, 5.41) is 7.69. The molecule has 4 rings (SSSR count). The van der Waals surface area contributed by atoms with Gasteiger partial charge in [-0.15, -0.1) is 0 Å². The van der Waals surface area contributed by atoms with E-state index in [9.17, 15) is 14.4 Å². The monoisotopic (exact) mass is 647 g/mol. The molecule has 4 aromatic carbocycles. The van der Waals surface area contributed by atoms with Crippen LogP contribution in [0.3, 0.4) is 0 Å². The van der Waals surface area contributed by atoms with Crippen molar-refractivity contribution in [3.63, 3.8) is 0 Å². The zero-order chi connectivity index (χ0) is 34.1. The number of aryl methyl sites for hydroxylation is 1. The summed E-state index contributed by atoms with van der Waals surface area (Å²) >= 11 is 0. The van der Waals surface area contributed by atoms with Gasteiger partial charge in [0.15, 0.2) is 0 Å². The van der Waals surface area contributed by atoms with Gasteiger partial charge < -0.3 is 20.0 Å². The standard InChI is InChI=1S/C39H45N3O4Si/c1-27-18-24-33(42(7)35(44)26-41-34(43)25-21-29-19-22-30(23-20-29)38(45)40-6)28(2)36(27)37(39(3,4)5)46-47(31-14-10-8-11-15-31)32-16-12-9-13-17-32/h8-25,37,47H,26H2,1-7H3,(H,40,45)(H,41,43)/b25-21+. The molecule has 1 unspecified atom stereocenters.